The lowest BCUT2D eigenvalue weighted by Crippen LogP contribution is -2.27. The van der Waals surface area contributed by atoms with Gasteiger partial charge in [-0.05, 0) is 99.8 Å². The Hall–Kier alpha value is -2.96. The third kappa shape index (κ3) is 4.78. The SMILES string of the molecule is Cc1cc(C2CCNCC2)ccc1Nc1ncc(Cl)c(CCc2cccc3c2C(C)(C)C(=O)N3)n1. The fourth-order valence-corrected chi connectivity index (χ4v) is 5.48. The third-order valence-corrected chi connectivity index (χ3v) is 7.66. The molecule has 1 amide bonds. The van der Waals surface area contributed by atoms with Crippen LogP contribution in [0.3, 0.4) is 0 Å². The molecule has 35 heavy (non-hydrogen) atoms. The first kappa shape index (κ1) is 23.8. The molecule has 1 saturated heterocycles. The molecular formula is C28H32ClN5O. The quantitative estimate of drug-likeness (QED) is 0.416. The number of hydrogen-bond donors (Lipinski definition) is 3. The van der Waals surface area contributed by atoms with Gasteiger partial charge in [-0.25, -0.2) is 9.97 Å². The minimum Gasteiger partial charge on any atom is -0.325 e. The zero-order valence-corrected chi connectivity index (χ0v) is 21.3. The monoisotopic (exact) mass is 489 g/mol. The minimum atomic E-state index is -0.550. The van der Waals surface area contributed by atoms with E-state index in [1.165, 1.54) is 24.0 Å². The molecular weight excluding hydrogens is 458 g/mol. The zero-order valence-electron chi connectivity index (χ0n) is 20.5. The second kappa shape index (κ2) is 9.59. The molecule has 3 N–H and O–H groups in total. The fourth-order valence-electron chi connectivity index (χ4n) is 5.29. The first-order valence-electron chi connectivity index (χ1n) is 12.4. The molecule has 5 rings (SSSR count). The van der Waals surface area contributed by atoms with E-state index in [0.717, 1.165) is 47.7 Å². The molecule has 1 aromatic heterocycles. The standard InChI is InChI=1S/C28H32ClN5O/c1-17-15-20(18-11-13-30-14-12-18)8-9-22(17)33-27-31-16-21(29)23(34-27)10-7-19-5-4-6-24-25(19)28(2,3)26(35)32-24/h4-6,8-9,15-16,18,30H,7,10-14H2,1-3H3,(H,32,35)(H,31,33,34). The molecule has 0 spiro atoms. The molecule has 0 saturated carbocycles. The predicted octanol–water partition coefficient (Wildman–Crippen LogP) is 5.66. The Labute approximate surface area is 211 Å². The smallest absolute Gasteiger partial charge is 0.234 e. The van der Waals surface area contributed by atoms with Crippen LogP contribution in [0.25, 0.3) is 0 Å². The normalized spacial score (nSPS) is 17.2. The van der Waals surface area contributed by atoms with E-state index in [1.54, 1.807) is 6.20 Å². The summed E-state index contributed by atoms with van der Waals surface area (Å²) in [5.74, 6) is 1.20. The van der Waals surface area contributed by atoms with E-state index in [4.69, 9.17) is 16.6 Å². The first-order valence-corrected chi connectivity index (χ1v) is 12.7. The van der Waals surface area contributed by atoms with Gasteiger partial charge in [0.1, 0.15) is 0 Å². The summed E-state index contributed by atoms with van der Waals surface area (Å²) in [6.45, 7) is 8.23. The summed E-state index contributed by atoms with van der Waals surface area (Å²) in [6, 6.07) is 12.7. The van der Waals surface area contributed by atoms with Gasteiger partial charge in [0, 0.05) is 11.4 Å². The van der Waals surface area contributed by atoms with Gasteiger partial charge in [0.15, 0.2) is 0 Å². The van der Waals surface area contributed by atoms with Crippen LogP contribution >= 0.6 is 11.6 Å². The molecule has 0 radical (unpaired) electrons. The molecule has 2 aliphatic heterocycles. The van der Waals surface area contributed by atoms with Crippen LogP contribution in [-0.4, -0.2) is 29.0 Å². The number of halogens is 1. The van der Waals surface area contributed by atoms with Gasteiger partial charge < -0.3 is 16.0 Å². The average Bonchev–Trinajstić information content (AvgIpc) is 3.09. The van der Waals surface area contributed by atoms with Crippen LogP contribution in [0.5, 0.6) is 0 Å². The number of hydrogen-bond acceptors (Lipinski definition) is 5. The molecule has 1 fully saturated rings. The number of aromatic nitrogens is 2. The summed E-state index contributed by atoms with van der Waals surface area (Å²) in [7, 11) is 0. The average molecular weight is 490 g/mol. The Morgan fingerprint density at radius 2 is 1.94 bits per heavy atom. The van der Waals surface area contributed by atoms with E-state index < -0.39 is 5.41 Å². The first-order chi connectivity index (χ1) is 16.8. The number of benzene rings is 2. The summed E-state index contributed by atoms with van der Waals surface area (Å²) in [5.41, 5.74) is 6.93. The van der Waals surface area contributed by atoms with Crippen molar-refractivity contribution in [1.82, 2.24) is 15.3 Å². The molecule has 6 nitrogen and oxygen atoms in total. The molecule has 3 aromatic rings. The van der Waals surface area contributed by atoms with Gasteiger partial charge in [-0.15, -0.1) is 0 Å². The van der Waals surface area contributed by atoms with Crippen molar-refractivity contribution in [2.75, 3.05) is 23.7 Å². The van der Waals surface area contributed by atoms with Gasteiger partial charge in [-0.3, -0.25) is 4.79 Å². The summed E-state index contributed by atoms with van der Waals surface area (Å²) in [6.07, 6.45) is 5.42. The Balaban J connectivity index is 1.32. The number of anilines is 3. The van der Waals surface area contributed by atoms with E-state index in [0.29, 0.717) is 23.3 Å². The summed E-state index contributed by atoms with van der Waals surface area (Å²) in [4.78, 5) is 21.6. The van der Waals surface area contributed by atoms with Crippen molar-refractivity contribution in [3.05, 3.63) is 75.6 Å². The van der Waals surface area contributed by atoms with Crippen LogP contribution in [0.4, 0.5) is 17.3 Å². The number of carbonyl (C=O) groups is 1. The Bertz CT molecular complexity index is 1270. The van der Waals surface area contributed by atoms with Crippen LogP contribution < -0.4 is 16.0 Å². The van der Waals surface area contributed by atoms with Crippen molar-refractivity contribution in [2.24, 2.45) is 0 Å². The topological polar surface area (TPSA) is 78.9 Å². The number of amides is 1. The maximum atomic E-state index is 12.4. The molecule has 0 atom stereocenters. The highest BCUT2D eigenvalue weighted by atomic mass is 35.5. The number of fused-ring (bicyclic) bond motifs is 1. The van der Waals surface area contributed by atoms with Gasteiger partial charge in [0.2, 0.25) is 11.9 Å². The van der Waals surface area contributed by atoms with Crippen LogP contribution in [0.1, 0.15) is 60.6 Å². The summed E-state index contributed by atoms with van der Waals surface area (Å²) >= 11 is 6.48. The van der Waals surface area contributed by atoms with E-state index in [9.17, 15) is 4.79 Å². The number of nitrogens with one attached hydrogen (secondary N) is 3. The molecule has 2 aromatic carbocycles. The number of piperidine rings is 1. The van der Waals surface area contributed by atoms with Crippen molar-refractivity contribution in [3.8, 4) is 0 Å². The lowest BCUT2D eigenvalue weighted by Gasteiger charge is -2.23. The molecule has 3 heterocycles. The molecule has 0 unspecified atom stereocenters. The lowest BCUT2D eigenvalue weighted by molar-refractivity contribution is -0.119. The van der Waals surface area contributed by atoms with E-state index in [2.05, 4.69) is 52.1 Å². The summed E-state index contributed by atoms with van der Waals surface area (Å²) in [5, 5.41) is 10.4. The van der Waals surface area contributed by atoms with Crippen molar-refractivity contribution >= 4 is 34.8 Å². The predicted molar refractivity (Wildman–Crippen MR) is 142 cm³/mol. The Kier molecular flexibility index (Phi) is 6.51. The third-order valence-electron chi connectivity index (χ3n) is 7.35. The van der Waals surface area contributed by atoms with Crippen LogP contribution in [-0.2, 0) is 23.1 Å². The molecule has 0 bridgehead atoms. The van der Waals surface area contributed by atoms with Crippen LogP contribution in [0.15, 0.2) is 42.6 Å². The largest absolute Gasteiger partial charge is 0.325 e. The highest BCUT2D eigenvalue weighted by Gasteiger charge is 2.39. The van der Waals surface area contributed by atoms with Gasteiger partial charge in [0.25, 0.3) is 0 Å². The fraction of sp³-hybridized carbons (Fsp3) is 0.393. The van der Waals surface area contributed by atoms with E-state index >= 15 is 0 Å². The molecule has 182 valence electrons. The lowest BCUT2D eigenvalue weighted by atomic mass is 9.82. The maximum Gasteiger partial charge on any atom is 0.234 e. The van der Waals surface area contributed by atoms with Crippen LogP contribution in [0.2, 0.25) is 5.02 Å². The van der Waals surface area contributed by atoms with Gasteiger partial charge in [-0.2, -0.15) is 0 Å². The Morgan fingerprint density at radius 3 is 2.71 bits per heavy atom. The van der Waals surface area contributed by atoms with Crippen LogP contribution in [0, 0.1) is 6.92 Å². The number of aryl methyl sites for hydroxylation is 3. The second-order valence-corrected chi connectivity index (χ2v) is 10.5. The number of carbonyl (C=O) groups excluding carboxylic acids is 1. The van der Waals surface area contributed by atoms with Gasteiger partial charge in [-0.1, -0.05) is 35.9 Å². The van der Waals surface area contributed by atoms with E-state index in [-0.39, 0.29) is 5.91 Å². The number of nitrogens with zero attached hydrogens (tertiary/aromatic N) is 2. The zero-order chi connectivity index (χ0) is 24.6. The molecule has 7 heteroatoms. The minimum absolute atomic E-state index is 0.0352. The maximum absolute atomic E-state index is 12.4. The van der Waals surface area contributed by atoms with Crippen molar-refractivity contribution in [1.29, 1.82) is 0 Å². The number of rotatable bonds is 6. The second-order valence-electron chi connectivity index (χ2n) is 10.1. The van der Waals surface area contributed by atoms with Crippen molar-refractivity contribution < 1.29 is 4.79 Å². The van der Waals surface area contributed by atoms with Crippen molar-refractivity contribution in [2.45, 2.75) is 57.8 Å². The summed E-state index contributed by atoms with van der Waals surface area (Å²) < 4.78 is 0. The Morgan fingerprint density at radius 1 is 1.14 bits per heavy atom. The molecule has 2 aliphatic rings. The van der Waals surface area contributed by atoms with Crippen molar-refractivity contribution in [3.63, 3.8) is 0 Å². The van der Waals surface area contributed by atoms with Gasteiger partial charge >= 0.3 is 0 Å². The highest BCUT2D eigenvalue weighted by molar-refractivity contribution is 6.31. The molecule has 0 aliphatic carbocycles. The highest BCUT2D eigenvalue weighted by Crippen LogP contribution is 2.40. The van der Waals surface area contributed by atoms with E-state index in [1.807, 2.05) is 26.0 Å². The van der Waals surface area contributed by atoms with Gasteiger partial charge in [0.05, 0.1) is 22.3 Å².